The van der Waals surface area contributed by atoms with E-state index in [2.05, 4.69) is 25.8 Å². The number of nitrogens with one attached hydrogen (secondary N) is 2. The van der Waals surface area contributed by atoms with Gasteiger partial charge in [0.05, 0.1) is 11.8 Å². The molecule has 0 aliphatic rings. The van der Waals surface area contributed by atoms with Crippen molar-refractivity contribution in [2.45, 2.75) is 0 Å². The van der Waals surface area contributed by atoms with Gasteiger partial charge in [-0.3, -0.25) is 14.3 Å². The summed E-state index contributed by atoms with van der Waals surface area (Å²) in [7, 11) is 3.10. The number of aryl methyl sites for hydroxylation is 1. The van der Waals surface area contributed by atoms with Gasteiger partial charge < -0.3 is 10.6 Å². The second-order valence-electron chi connectivity index (χ2n) is 4.66. The van der Waals surface area contributed by atoms with Crippen LogP contribution in [0.2, 0.25) is 0 Å². The van der Waals surface area contributed by atoms with Crippen LogP contribution in [-0.2, 0) is 7.05 Å². The van der Waals surface area contributed by atoms with E-state index in [-0.39, 0.29) is 17.2 Å². The molecule has 2 N–H and O–H groups in total. The summed E-state index contributed by atoms with van der Waals surface area (Å²) >= 11 is 2.01. The quantitative estimate of drug-likeness (QED) is 0.601. The molecule has 0 spiro atoms. The molecule has 0 radical (unpaired) electrons. The van der Waals surface area contributed by atoms with Crippen LogP contribution in [0.25, 0.3) is 5.65 Å². The van der Waals surface area contributed by atoms with Gasteiger partial charge >= 0.3 is 0 Å². The van der Waals surface area contributed by atoms with Crippen molar-refractivity contribution in [2.75, 3.05) is 12.4 Å². The molecule has 3 rings (SSSR count). The van der Waals surface area contributed by atoms with Gasteiger partial charge in [0.2, 0.25) is 3.83 Å². The third-order valence-electron chi connectivity index (χ3n) is 3.20. The minimum absolute atomic E-state index is 0.181. The number of carbonyl (C=O) groups is 2. The first-order valence-corrected chi connectivity index (χ1v) is 7.65. The van der Waals surface area contributed by atoms with Gasteiger partial charge in [-0.25, -0.2) is 9.50 Å². The molecule has 10 heteroatoms. The van der Waals surface area contributed by atoms with Gasteiger partial charge in [0, 0.05) is 54.6 Å². The molecule has 0 saturated heterocycles. The Morgan fingerprint density at radius 2 is 2.09 bits per heavy atom. The van der Waals surface area contributed by atoms with E-state index in [1.807, 2.05) is 22.6 Å². The highest BCUT2D eigenvalue weighted by atomic mass is 127. The molecule has 0 bridgehead atoms. The fourth-order valence-electron chi connectivity index (χ4n) is 2.13. The average Bonchev–Trinajstić information content (AvgIpc) is 3.07. The molecule has 0 atom stereocenters. The van der Waals surface area contributed by atoms with Gasteiger partial charge in [-0.2, -0.15) is 5.10 Å². The van der Waals surface area contributed by atoms with Crippen LogP contribution >= 0.6 is 22.6 Å². The summed E-state index contributed by atoms with van der Waals surface area (Å²) in [4.78, 5) is 28.5. The fourth-order valence-corrected chi connectivity index (χ4v) is 2.61. The van der Waals surface area contributed by atoms with Crippen LogP contribution in [0.15, 0.2) is 24.5 Å². The Morgan fingerprint density at radius 1 is 1.30 bits per heavy atom. The molecule has 23 heavy (non-hydrogen) atoms. The highest BCUT2D eigenvalue weighted by molar-refractivity contribution is 14.1. The number of carbonyl (C=O) groups excluding carboxylic acids is 2. The van der Waals surface area contributed by atoms with Crippen molar-refractivity contribution in [2.24, 2.45) is 7.05 Å². The minimum Gasteiger partial charge on any atom is -0.355 e. The molecule has 0 saturated carbocycles. The van der Waals surface area contributed by atoms with Gasteiger partial charge in [-0.15, -0.1) is 5.10 Å². The summed E-state index contributed by atoms with van der Waals surface area (Å²) in [5, 5.41) is 13.4. The second-order valence-corrected chi connectivity index (χ2v) is 5.63. The molecule has 0 aliphatic heterocycles. The Kier molecular flexibility index (Phi) is 3.98. The molecule has 3 aromatic rings. The Hall–Kier alpha value is -2.50. The van der Waals surface area contributed by atoms with E-state index < -0.39 is 5.91 Å². The minimum atomic E-state index is -0.429. The van der Waals surface area contributed by atoms with Crippen molar-refractivity contribution in [3.05, 3.63) is 39.6 Å². The van der Waals surface area contributed by atoms with Crippen molar-refractivity contribution in [1.29, 1.82) is 0 Å². The van der Waals surface area contributed by atoms with Crippen LogP contribution in [0.1, 0.15) is 20.8 Å². The maximum absolute atomic E-state index is 12.5. The topological polar surface area (TPSA) is 106 Å². The number of pyridine rings is 1. The molecule has 0 fully saturated rings. The van der Waals surface area contributed by atoms with Crippen molar-refractivity contribution in [3.63, 3.8) is 0 Å². The lowest BCUT2D eigenvalue weighted by atomic mass is 10.2. The number of halogens is 1. The largest absolute Gasteiger partial charge is 0.355 e. The third-order valence-corrected chi connectivity index (χ3v) is 3.65. The van der Waals surface area contributed by atoms with Crippen LogP contribution in [0, 0.1) is 3.83 Å². The van der Waals surface area contributed by atoms with Crippen molar-refractivity contribution >= 4 is 45.7 Å². The number of rotatable bonds is 3. The van der Waals surface area contributed by atoms with Crippen LogP contribution < -0.4 is 10.6 Å². The Balaban J connectivity index is 1.91. The molecule has 118 valence electrons. The van der Waals surface area contributed by atoms with Crippen LogP contribution in [0.4, 0.5) is 5.69 Å². The first-order valence-electron chi connectivity index (χ1n) is 6.57. The zero-order chi connectivity index (χ0) is 16.6. The summed E-state index contributed by atoms with van der Waals surface area (Å²) in [6.45, 7) is 0. The zero-order valence-corrected chi connectivity index (χ0v) is 14.4. The molecule has 9 nitrogen and oxygen atoms in total. The predicted molar refractivity (Wildman–Crippen MR) is 90.3 cm³/mol. The number of nitrogens with zero attached hydrogens (tertiary/aromatic N) is 5. The highest BCUT2D eigenvalue weighted by Gasteiger charge is 2.21. The molecular formula is C13H12IN7O2. The summed E-state index contributed by atoms with van der Waals surface area (Å²) in [5.41, 5.74) is 1.56. The lowest BCUT2D eigenvalue weighted by molar-refractivity contribution is 0.0946. The number of hydrogen-bond donors (Lipinski definition) is 2. The van der Waals surface area contributed by atoms with Gasteiger partial charge in [0.15, 0.2) is 5.65 Å². The van der Waals surface area contributed by atoms with Crippen LogP contribution in [0.3, 0.4) is 0 Å². The average molecular weight is 425 g/mol. The Labute approximate surface area is 144 Å². The van der Waals surface area contributed by atoms with Gasteiger partial charge in [0.25, 0.3) is 11.8 Å². The lowest BCUT2D eigenvalue weighted by Crippen LogP contribution is -2.24. The van der Waals surface area contributed by atoms with Crippen molar-refractivity contribution < 1.29 is 9.59 Å². The van der Waals surface area contributed by atoms with Gasteiger partial charge in [0.1, 0.15) is 5.69 Å². The summed E-state index contributed by atoms with van der Waals surface area (Å²) in [6.07, 6.45) is 3.06. The van der Waals surface area contributed by atoms with Crippen LogP contribution in [-0.4, -0.2) is 43.2 Å². The molecular weight excluding hydrogens is 413 g/mol. The standard InChI is InChI=1S/C13H12IN7O2/c1-15-11(22)8-6-16-20(2)10(8)12(23)17-7-3-4-21-9(5-7)18-13(14)19-21/h3-6H,1-2H3,(H,15,22)(H,17,23). The third kappa shape index (κ3) is 2.88. The first kappa shape index (κ1) is 15.4. The van der Waals surface area contributed by atoms with E-state index in [0.717, 1.165) is 0 Å². The molecule has 2 amide bonds. The molecule has 0 aromatic carbocycles. The Bertz CT molecular complexity index is 914. The molecule has 0 unspecified atom stereocenters. The number of anilines is 1. The van der Waals surface area contributed by atoms with E-state index in [4.69, 9.17) is 0 Å². The number of aromatic nitrogens is 5. The lowest BCUT2D eigenvalue weighted by Gasteiger charge is -2.07. The van der Waals surface area contributed by atoms with Crippen molar-refractivity contribution in [3.8, 4) is 0 Å². The SMILES string of the molecule is CNC(=O)c1cnn(C)c1C(=O)Nc1ccn2nc(I)nc2c1. The smallest absolute Gasteiger partial charge is 0.274 e. The molecule has 3 heterocycles. The van der Waals surface area contributed by atoms with Gasteiger partial charge in [-0.1, -0.05) is 0 Å². The first-order chi connectivity index (χ1) is 11.0. The van der Waals surface area contributed by atoms with E-state index in [0.29, 0.717) is 15.2 Å². The number of amides is 2. The summed E-state index contributed by atoms with van der Waals surface area (Å²) < 4.78 is 3.58. The second kappa shape index (κ2) is 5.95. The van der Waals surface area contributed by atoms with E-state index in [1.54, 1.807) is 29.9 Å². The molecule has 3 aromatic heterocycles. The maximum Gasteiger partial charge on any atom is 0.274 e. The maximum atomic E-state index is 12.5. The highest BCUT2D eigenvalue weighted by Crippen LogP contribution is 2.15. The van der Waals surface area contributed by atoms with Crippen molar-refractivity contribution in [1.82, 2.24) is 29.7 Å². The van der Waals surface area contributed by atoms with Gasteiger partial charge in [-0.05, 0) is 6.07 Å². The number of hydrogen-bond acceptors (Lipinski definition) is 5. The zero-order valence-electron chi connectivity index (χ0n) is 12.2. The Morgan fingerprint density at radius 3 is 2.83 bits per heavy atom. The monoisotopic (exact) mass is 425 g/mol. The normalized spacial score (nSPS) is 10.7. The fraction of sp³-hybridized carbons (Fsp3) is 0.154. The summed E-state index contributed by atoms with van der Waals surface area (Å²) in [6, 6.07) is 3.40. The van der Waals surface area contributed by atoms with E-state index >= 15 is 0 Å². The predicted octanol–water partition coefficient (Wildman–Crippen LogP) is 0.679. The molecule has 0 aliphatic carbocycles. The van der Waals surface area contributed by atoms with Crippen LogP contribution in [0.5, 0.6) is 0 Å². The van der Waals surface area contributed by atoms with E-state index in [1.165, 1.54) is 17.9 Å². The summed E-state index contributed by atoms with van der Waals surface area (Å²) in [5.74, 6) is -0.798. The van der Waals surface area contributed by atoms with E-state index in [9.17, 15) is 9.59 Å². The number of fused-ring (bicyclic) bond motifs is 1.